The predicted molar refractivity (Wildman–Crippen MR) is 57.1 cm³/mol. The van der Waals surface area contributed by atoms with E-state index < -0.39 is 0 Å². The van der Waals surface area contributed by atoms with Crippen LogP contribution in [0.25, 0.3) is 0 Å². The maximum Gasteiger partial charge on any atom is 0.0488 e. The van der Waals surface area contributed by atoms with Gasteiger partial charge in [-0.2, -0.15) is 0 Å². The first-order valence-electron chi connectivity index (χ1n) is 5.08. The van der Waals surface area contributed by atoms with E-state index in [4.69, 9.17) is 5.73 Å². The molecule has 0 bridgehead atoms. The van der Waals surface area contributed by atoms with Crippen molar-refractivity contribution in [2.75, 3.05) is 26.2 Å². The minimum Gasteiger partial charge on any atom is -0.329 e. The van der Waals surface area contributed by atoms with Crippen molar-refractivity contribution < 1.29 is 0 Å². The monoisotopic (exact) mass is 191 g/mol. The summed E-state index contributed by atoms with van der Waals surface area (Å²) in [6.45, 7) is 6.19. The average molecular weight is 191 g/mol. The molecule has 0 unspecified atom stereocenters. The zero-order valence-corrected chi connectivity index (χ0v) is 8.61. The van der Waals surface area contributed by atoms with Gasteiger partial charge in [0.1, 0.15) is 0 Å². The van der Waals surface area contributed by atoms with Crippen LogP contribution in [0, 0.1) is 0 Å². The Hall–Kier alpha value is -0.930. The highest BCUT2D eigenvalue weighted by Crippen LogP contribution is 2.31. The smallest absolute Gasteiger partial charge is 0.0488 e. The number of rotatable bonds is 3. The number of hydrogen-bond donors (Lipinski definition) is 1. The molecule has 1 aromatic heterocycles. The first-order chi connectivity index (χ1) is 6.74. The second-order valence-corrected chi connectivity index (χ2v) is 4.27. The predicted octanol–water partition coefficient (Wildman–Crippen LogP) is 0.614. The molecule has 1 aliphatic rings. The van der Waals surface area contributed by atoms with E-state index in [-0.39, 0.29) is 5.41 Å². The van der Waals surface area contributed by atoms with Gasteiger partial charge in [-0.25, -0.2) is 0 Å². The van der Waals surface area contributed by atoms with Gasteiger partial charge in [-0.05, 0) is 12.1 Å². The fourth-order valence-electron chi connectivity index (χ4n) is 2.16. The van der Waals surface area contributed by atoms with Gasteiger partial charge in [-0.15, -0.1) is 0 Å². The lowest BCUT2D eigenvalue weighted by molar-refractivity contribution is 0.0787. The van der Waals surface area contributed by atoms with E-state index >= 15 is 0 Å². The average Bonchev–Trinajstić information content (AvgIpc) is 2.17. The lowest BCUT2D eigenvalue weighted by atomic mass is 9.78. The molecule has 0 radical (unpaired) electrons. The van der Waals surface area contributed by atoms with Crippen LogP contribution in [0.2, 0.25) is 0 Å². The molecule has 2 heterocycles. The van der Waals surface area contributed by atoms with E-state index in [1.807, 2.05) is 12.3 Å². The Labute approximate surface area is 84.9 Å². The summed E-state index contributed by atoms with van der Waals surface area (Å²) in [5.74, 6) is 0. The number of nitrogens with two attached hydrogens (primary N) is 1. The molecule has 1 saturated heterocycles. The van der Waals surface area contributed by atoms with Gasteiger partial charge in [0.25, 0.3) is 0 Å². The SMILES string of the molecule is CC1(c2ccccn2)CN(CCN)C1. The Morgan fingerprint density at radius 1 is 1.50 bits per heavy atom. The summed E-state index contributed by atoms with van der Waals surface area (Å²) in [6, 6.07) is 6.13. The number of hydrogen-bond acceptors (Lipinski definition) is 3. The van der Waals surface area contributed by atoms with E-state index in [1.54, 1.807) is 0 Å². The summed E-state index contributed by atoms with van der Waals surface area (Å²) in [7, 11) is 0. The van der Waals surface area contributed by atoms with Gasteiger partial charge in [0.05, 0.1) is 0 Å². The van der Waals surface area contributed by atoms with Crippen LogP contribution in [-0.2, 0) is 5.41 Å². The summed E-state index contributed by atoms with van der Waals surface area (Å²) in [6.07, 6.45) is 1.87. The second-order valence-electron chi connectivity index (χ2n) is 4.27. The van der Waals surface area contributed by atoms with Crippen LogP contribution in [0.5, 0.6) is 0 Å². The zero-order chi connectivity index (χ0) is 10.0. The van der Waals surface area contributed by atoms with Gasteiger partial charge in [-0.1, -0.05) is 13.0 Å². The lowest BCUT2D eigenvalue weighted by Gasteiger charge is -2.47. The van der Waals surface area contributed by atoms with E-state index in [0.29, 0.717) is 0 Å². The highest BCUT2D eigenvalue weighted by Gasteiger charge is 2.40. The van der Waals surface area contributed by atoms with E-state index in [2.05, 4.69) is 28.9 Å². The number of aromatic nitrogens is 1. The first-order valence-corrected chi connectivity index (χ1v) is 5.08. The van der Waals surface area contributed by atoms with Gasteiger partial charge in [0.15, 0.2) is 0 Å². The third kappa shape index (κ3) is 1.65. The number of nitrogens with zero attached hydrogens (tertiary/aromatic N) is 2. The molecule has 0 saturated carbocycles. The molecule has 1 aromatic rings. The van der Waals surface area contributed by atoms with Crippen LogP contribution >= 0.6 is 0 Å². The van der Waals surface area contributed by atoms with Gasteiger partial charge in [0.2, 0.25) is 0 Å². The van der Waals surface area contributed by atoms with Crippen LogP contribution in [0.15, 0.2) is 24.4 Å². The molecule has 3 nitrogen and oxygen atoms in total. The molecule has 3 heteroatoms. The molecule has 0 aromatic carbocycles. The van der Waals surface area contributed by atoms with Crippen molar-refractivity contribution in [2.45, 2.75) is 12.3 Å². The normalized spacial score (nSPS) is 20.4. The standard InChI is InChI=1S/C11H17N3/c1-11(8-14(9-11)7-5-12)10-4-2-3-6-13-10/h2-4,6H,5,7-9,12H2,1H3. The molecular weight excluding hydrogens is 174 g/mol. The van der Waals surface area contributed by atoms with Crippen LogP contribution in [0.1, 0.15) is 12.6 Å². The number of likely N-dealkylation sites (tertiary alicyclic amines) is 1. The molecule has 0 atom stereocenters. The van der Waals surface area contributed by atoms with Crippen LogP contribution < -0.4 is 5.73 Å². The first kappa shape index (κ1) is 9.62. The maximum atomic E-state index is 5.51. The molecule has 2 rings (SSSR count). The summed E-state index contributed by atoms with van der Waals surface area (Å²) in [4.78, 5) is 6.78. The van der Waals surface area contributed by atoms with Gasteiger partial charge in [-0.3, -0.25) is 4.98 Å². The van der Waals surface area contributed by atoms with E-state index in [0.717, 1.165) is 26.2 Å². The largest absolute Gasteiger partial charge is 0.329 e. The minimum atomic E-state index is 0.246. The second kappa shape index (κ2) is 3.67. The number of pyridine rings is 1. The van der Waals surface area contributed by atoms with Crippen molar-refractivity contribution >= 4 is 0 Å². The molecule has 76 valence electrons. The highest BCUT2D eigenvalue weighted by molar-refractivity contribution is 5.21. The molecule has 0 spiro atoms. The fourth-order valence-corrected chi connectivity index (χ4v) is 2.16. The van der Waals surface area contributed by atoms with Crippen LogP contribution in [0.4, 0.5) is 0 Å². The molecule has 2 N–H and O–H groups in total. The molecule has 14 heavy (non-hydrogen) atoms. The topological polar surface area (TPSA) is 42.2 Å². The van der Waals surface area contributed by atoms with Crippen molar-refractivity contribution in [1.82, 2.24) is 9.88 Å². The van der Waals surface area contributed by atoms with Gasteiger partial charge < -0.3 is 10.6 Å². The van der Waals surface area contributed by atoms with E-state index in [9.17, 15) is 0 Å². The molecule has 0 amide bonds. The Bertz CT molecular complexity index is 291. The van der Waals surface area contributed by atoms with Crippen LogP contribution in [-0.4, -0.2) is 36.1 Å². The van der Waals surface area contributed by atoms with Crippen molar-refractivity contribution in [3.63, 3.8) is 0 Å². The Morgan fingerprint density at radius 3 is 2.86 bits per heavy atom. The van der Waals surface area contributed by atoms with Crippen molar-refractivity contribution in [3.05, 3.63) is 30.1 Å². The lowest BCUT2D eigenvalue weighted by Crippen LogP contribution is -2.58. The Balaban J connectivity index is 2.01. The quantitative estimate of drug-likeness (QED) is 0.761. The summed E-state index contributed by atoms with van der Waals surface area (Å²) < 4.78 is 0. The minimum absolute atomic E-state index is 0.246. The van der Waals surface area contributed by atoms with Crippen molar-refractivity contribution in [2.24, 2.45) is 5.73 Å². The third-order valence-corrected chi connectivity index (χ3v) is 2.87. The Morgan fingerprint density at radius 2 is 2.29 bits per heavy atom. The van der Waals surface area contributed by atoms with Crippen LogP contribution in [0.3, 0.4) is 0 Å². The molecule has 1 aliphatic heterocycles. The zero-order valence-electron chi connectivity index (χ0n) is 8.61. The fraction of sp³-hybridized carbons (Fsp3) is 0.545. The highest BCUT2D eigenvalue weighted by atomic mass is 15.2. The molecule has 1 fully saturated rings. The molecular formula is C11H17N3. The summed E-state index contributed by atoms with van der Waals surface area (Å²) in [5, 5.41) is 0. The summed E-state index contributed by atoms with van der Waals surface area (Å²) in [5.41, 5.74) is 6.96. The van der Waals surface area contributed by atoms with Crippen molar-refractivity contribution in [1.29, 1.82) is 0 Å². The third-order valence-electron chi connectivity index (χ3n) is 2.87. The van der Waals surface area contributed by atoms with Gasteiger partial charge >= 0.3 is 0 Å². The maximum absolute atomic E-state index is 5.51. The molecule has 0 aliphatic carbocycles. The summed E-state index contributed by atoms with van der Waals surface area (Å²) >= 11 is 0. The van der Waals surface area contributed by atoms with Crippen molar-refractivity contribution in [3.8, 4) is 0 Å². The van der Waals surface area contributed by atoms with Gasteiger partial charge in [0, 0.05) is 43.5 Å². The van der Waals surface area contributed by atoms with E-state index in [1.165, 1.54) is 5.69 Å². The Kier molecular flexibility index (Phi) is 2.52.